The van der Waals surface area contributed by atoms with Crippen LogP contribution in [-0.4, -0.2) is 135 Å². The van der Waals surface area contributed by atoms with Crippen LogP contribution in [0.4, 0.5) is 0 Å². The van der Waals surface area contributed by atoms with Crippen LogP contribution in [-0.2, 0) is 47.5 Å². The first-order chi connectivity index (χ1) is 26.3. The lowest BCUT2D eigenvalue weighted by Crippen LogP contribution is -2.60. The highest BCUT2D eigenvalue weighted by Gasteiger charge is 2.59. The van der Waals surface area contributed by atoms with Crippen molar-refractivity contribution in [3.8, 4) is 0 Å². The van der Waals surface area contributed by atoms with Crippen molar-refractivity contribution in [3.05, 3.63) is 11.6 Å². The molecule has 6 aliphatic rings. The summed E-state index contributed by atoms with van der Waals surface area (Å²) < 4.78 is 50.1. The average molecular weight is 843 g/mol. The second-order valence-electron chi connectivity index (χ2n) is 17.3. The van der Waals surface area contributed by atoms with Crippen LogP contribution >= 0.6 is 15.9 Å². The molecule has 13 heteroatoms. The zero-order valence-electron chi connectivity index (χ0n) is 34.5. The number of aliphatic hydroxyl groups excluding tert-OH is 1. The maximum Gasteiger partial charge on any atom is 0.306 e. The molecule has 0 radical (unpaired) electrons. The lowest BCUT2D eigenvalue weighted by Gasteiger charge is -2.45. The highest BCUT2D eigenvalue weighted by molar-refractivity contribution is 9.09. The number of likely N-dealkylation sites (N-methyl/N-ethyl adjacent to an activating group) is 1. The Morgan fingerprint density at radius 2 is 1.64 bits per heavy atom. The van der Waals surface area contributed by atoms with Gasteiger partial charge in [-0.15, -0.1) is 0 Å². The van der Waals surface area contributed by atoms with Crippen molar-refractivity contribution in [1.82, 2.24) is 4.90 Å². The number of fused-ring (bicyclic) bond motifs is 5. The van der Waals surface area contributed by atoms with E-state index in [9.17, 15) is 14.7 Å². The standard InChI is InChI=1S/C42H68BrNO11/c1-10-24-13-12-14-32(55-34-16-15-31(44(6)7)22(4)51-34)21(3)37(46)30-19-27-26-17-25(18-29(26)36(43)38(47)35(27)28(30)20-33(45)53-24)54-42-41(49-9)40(50-11-2)39(48-8)23(5)52-42/h19,21-29,31-32,34-36,38-42,47H,10-18,20H2,1-9H3/t21-,22?,23?,24+,25+,26+,27+,28-,29-,31+,32+,34+,35-,36?,38?,39+,40?,41?,42+/m1/s1. The number of cyclic esters (lactones) is 1. The highest BCUT2D eigenvalue weighted by atomic mass is 79.9. The first kappa shape index (κ1) is 43.6. The largest absolute Gasteiger partial charge is 0.462 e. The number of methoxy groups -OCH3 is 2. The van der Waals surface area contributed by atoms with Gasteiger partial charge in [-0.2, -0.15) is 0 Å². The fourth-order valence-electron chi connectivity index (χ4n) is 11.1. The van der Waals surface area contributed by atoms with Crippen LogP contribution in [0.15, 0.2) is 11.6 Å². The molecule has 3 aliphatic heterocycles. The van der Waals surface area contributed by atoms with Gasteiger partial charge in [0.25, 0.3) is 0 Å². The van der Waals surface area contributed by atoms with Crippen molar-refractivity contribution >= 4 is 27.7 Å². The predicted octanol–water partition coefficient (Wildman–Crippen LogP) is 5.45. The number of aliphatic hydroxyl groups is 1. The molecule has 5 fully saturated rings. The number of allylic oxidation sites excluding steroid dienone is 2. The van der Waals surface area contributed by atoms with Crippen molar-refractivity contribution in [2.45, 2.75) is 171 Å². The van der Waals surface area contributed by atoms with Crippen LogP contribution in [0.3, 0.4) is 0 Å². The second-order valence-corrected chi connectivity index (χ2v) is 18.3. The van der Waals surface area contributed by atoms with Crippen molar-refractivity contribution < 1.29 is 52.6 Å². The Morgan fingerprint density at radius 3 is 2.29 bits per heavy atom. The Kier molecular flexibility index (Phi) is 15.0. The first-order valence-corrected chi connectivity index (χ1v) is 22.0. The molecule has 2 saturated carbocycles. The minimum atomic E-state index is -0.772. The van der Waals surface area contributed by atoms with Gasteiger partial charge in [0.2, 0.25) is 0 Å². The molecule has 0 aromatic heterocycles. The summed E-state index contributed by atoms with van der Waals surface area (Å²) in [5.74, 6) is -1.46. The van der Waals surface area contributed by atoms with Crippen LogP contribution in [0.2, 0.25) is 0 Å². The summed E-state index contributed by atoms with van der Waals surface area (Å²) in [5.41, 5.74) is 0.630. The Hall–Kier alpha value is -1.00. The monoisotopic (exact) mass is 841 g/mol. The van der Waals surface area contributed by atoms with E-state index in [1.807, 2.05) is 27.7 Å². The zero-order chi connectivity index (χ0) is 39.7. The molecule has 0 aromatic carbocycles. The minimum Gasteiger partial charge on any atom is -0.462 e. The maximum absolute atomic E-state index is 14.8. The first-order valence-electron chi connectivity index (χ1n) is 21.0. The summed E-state index contributed by atoms with van der Waals surface area (Å²) in [6.07, 6.45) is 4.16. The van der Waals surface area contributed by atoms with Crippen LogP contribution in [0.25, 0.3) is 0 Å². The van der Waals surface area contributed by atoms with Gasteiger partial charge >= 0.3 is 5.97 Å². The van der Waals surface area contributed by atoms with Gasteiger partial charge in [0, 0.05) is 49.4 Å². The summed E-state index contributed by atoms with van der Waals surface area (Å²) >= 11 is 3.92. The maximum atomic E-state index is 14.8. The van der Waals surface area contributed by atoms with E-state index in [1.54, 1.807) is 14.2 Å². The van der Waals surface area contributed by atoms with Crippen molar-refractivity contribution in [1.29, 1.82) is 0 Å². The minimum absolute atomic E-state index is 0.00705. The molecule has 0 amide bonds. The SMILES string of the molecule is CCOC1C(OC)[C@H](O[C@H]2C[C@H]3[C@@H]4C=C5C(=O)[C@H](C)[C@@H](O[C@H]6CC[C@H](N(C)C)C(C)O6)CCC[C@H](CC)OC(=O)C[C@H]5[C@@H]4C(O)C(Br)[C@@H]3C2)OC(C)[C@@H]1OC. The number of halogens is 1. The van der Waals surface area contributed by atoms with E-state index in [0.29, 0.717) is 43.9 Å². The van der Waals surface area contributed by atoms with Gasteiger partial charge in [0.05, 0.1) is 36.9 Å². The van der Waals surface area contributed by atoms with Gasteiger partial charge in [-0.1, -0.05) is 35.9 Å². The Bertz CT molecular complexity index is 1330. The van der Waals surface area contributed by atoms with E-state index in [2.05, 4.69) is 47.9 Å². The number of esters is 1. The topological polar surface area (TPSA) is 131 Å². The van der Waals surface area contributed by atoms with E-state index >= 15 is 0 Å². The number of nitrogens with zero attached hydrogens (tertiary/aromatic N) is 1. The lowest BCUT2D eigenvalue weighted by atomic mass is 9.64. The number of hydrogen-bond acceptors (Lipinski definition) is 12. The van der Waals surface area contributed by atoms with Gasteiger partial charge in [0.15, 0.2) is 18.4 Å². The number of alkyl halides is 1. The normalized spacial score (nSPS) is 46.9. The van der Waals surface area contributed by atoms with E-state index in [1.165, 1.54) is 0 Å². The highest BCUT2D eigenvalue weighted by Crippen LogP contribution is 2.58. The van der Waals surface area contributed by atoms with Gasteiger partial charge in [-0.05, 0) is 110 Å². The summed E-state index contributed by atoms with van der Waals surface area (Å²) in [7, 11) is 7.44. The molecule has 3 saturated heterocycles. The molecule has 55 heavy (non-hydrogen) atoms. The number of ketones is 1. The number of rotatable bonds is 10. The number of ether oxygens (including phenoxy) is 8. The fourth-order valence-corrected chi connectivity index (χ4v) is 12.0. The van der Waals surface area contributed by atoms with Gasteiger partial charge in [-0.3, -0.25) is 9.59 Å². The molecule has 6 rings (SSSR count). The van der Waals surface area contributed by atoms with E-state index in [4.69, 9.17) is 37.9 Å². The molecule has 19 atom stereocenters. The Morgan fingerprint density at radius 1 is 0.909 bits per heavy atom. The molecule has 0 spiro atoms. The molecular weight excluding hydrogens is 774 g/mol. The summed E-state index contributed by atoms with van der Waals surface area (Å²) in [6, 6.07) is 0.312. The summed E-state index contributed by atoms with van der Waals surface area (Å²) in [6.45, 7) is 10.5. The van der Waals surface area contributed by atoms with Crippen LogP contribution in [0.5, 0.6) is 0 Å². The number of carbonyl (C=O) groups excluding carboxylic acids is 2. The molecule has 1 N–H and O–H groups in total. The number of Topliss-reactive ketones (excluding diaryl/α,β-unsaturated/α-hetero) is 1. The Labute approximate surface area is 337 Å². The molecule has 0 bridgehead atoms. The second kappa shape index (κ2) is 18.9. The quantitative estimate of drug-likeness (QED) is 0.222. The van der Waals surface area contributed by atoms with Gasteiger partial charge in [-0.25, -0.2) is 0 Å². The molecule has 314 valence electrons. The van der Waals surface area contributed by atoms with Crippen molar-refractivity contribution in [3.63, 3.8) is 0 Å². The number of carbonyl (C=O) groups is 2. The molecule has 3 heterocycles. The zero-order valence-corrected chi connectivity index (χ0v) is 36.1. The third-order valence-corrected chi connectivity index (χ3v) is 15.1. The van der Waals surface area contributed by atoms with Crippen LogP contribution < -0.4 is 0 Å². The average Bonchev–Trinajstić information content (AvgIpc) is 3.74. The van der Waals surface area contributed by atoms with E-state index in [0.717, 1.165) is 25.7 Å². The van der Waals surface area contributed by atoms with Crippen LogP contribution in [0, 0.1) is 35.5 Å². The smallest absolute Gasteiger partial charge is 0.306 e. The van der Waals surface area contributed by atoms with Gasteiger partial charge in [0.1, 0.15) is 24.4 Å². The van der Waals surface area contributed by atoms with E-state index in [-0.39, 0.29) is 95.7 Å². The summed E-state index contributed by atoms with van der Waals surface area (Å²) in [4.78, 5) is 30.4. The van der Waals surface area contributed by atoms with Crippen molar-refractivity contribution in [2.75, 3.05) is 34.9 Å². The molecule has 6 unspecified atom stereocenters. The van der Waals surface area contributed by atoms with E-state index < -0.39 is 30.3 Å². The Balaban J connectivity index is 1.25. The third kappa shape index (κ3) is 9.11. The molecule has 0 aromatic rings. The number of hydrogen-bond donors (Lipinski definition) is 1. The fraction of sp³-hybridized carbons (Fsp3) is 0.905. The van der Waals surface area contributed by atoms with Gasteiger partial charge < -0.3 is 47.9 Å². The lowest BCUT2D eigenvalue weighted by molar-refractivity contribution is -0.317. The predicted molar refractivity (Wildman–Crippen MR) is 208 cm³/mol. The third-order valence-electron chi connectivity index (χ3n) is 13.9. The van der Waals surface area contributed by atoms with Crippen molar-refractivity contribution in [2.24, 2.45) is 35.5 Å². The molecular formula is C42H68BrNO11. The van der Waals surface area contributed by atoms with Crippen LogP contribution in [0.1, 0.15) is 92.4 Å². The summed E-state index contributed by atoms with van der Waals surface area (Å²) in [5, 5.41) is 12.1. The molecule has 3 aliphatic carbocycles. The molecule has 12 nitrogen and oxygen atoms in total.